The Hall–Kier alpha value is -1.33. The first-order valence-corrected chi connectivity index (χ1v) is 6.81. The molecular weight excluding hydrogens is 242 g/mol. The lowest BCUT2D eigenvalue weighted by Gasteiger charge is -2.30. The second kappa shape index (κ2) is 6.21. The highest BCUT2D eigenvalue weighted by atomic mass is 16.3. The minimum absolute atomic E-state index is 0.149. The Morgan fingerprint density at radius 2 is 2.21 bits per heavy atom. The molecule has 1 aliphatic rings. The van der Waals surface area contributed by atoms with Gasteiger partial charge in [-0.1, -0.05) is 0 Å². The Bertz CT molecular complexity index is 422. The maximum absolute atomic E-state index is 12.2. The predicted octanol–water partition coefficient (Wildman–Crippen LogP) is 0.970. The van der Waals surface area contributed by atoms with Crippen LogP contribution in [0.4, 0.5) is 0 Å². The van der Waals surface area contributed by atoms with Crippen molar-refractivity contribution < 1.29 is 9.21 Å². The molecule has 106 valence electrons. The van der Waals surface area contributed by atoms with Crippen LogP contribution < -0.4 is 5.73 Å². The molecule has 19 heavy (non-hydrogen) atoms. The van der Waals surface area contributed by atoms with Gasteiger partial charge in [0.1, 0.15) is 5.76 Å². The van der Waals surface area contributed by atoms with Crippen molar-refractivity contribution in [3.63, 3.8) is 0 Å². The van der Waals surface area contributed by atoms with Crippen LogP contribution in [0.2, 0.25) is 0 Å². The Labute approximate surface area is 114 Å². The predicted molar refractivity (Wildman–Crippen MR) is 73.6 cm³/mol. The molecule has 2 N–H and O–H groups in total. The van der Waals surface area contributed by atoms with Gasteiger partial charge in [-0.15, -0.1) is 0 Å². The van der Waals surface area contributed by atoms with Gasteiger partial charge in [0.05, 0.1) is 12.8 Å². The van der Waals surface area contributed by atoms with Gasteiger partial charge in [0.25, 0.3) is 0 Å². The molecule has 0 spiro atoms. The second-order valence-corrected chi connectivity index (χ2v) is 5.37. The molecule has 0 saturated carbocycles. The van der Waals surface area contributed by atoms with Crippen LogP contribution in [-0.4, -0.2) is 48.4 Å². The van der Waals surface area contributed by atoms with E-state index in [-0.39, 0.29) is 5.91 Å². The van der Waals surface area contributed by atoms with E-state index >= 15 is 0 Å². The first kappa shape index (κ1) is 14.1. The molecule has 0 aliphatic carbocycles. The molecule has 1 amide bonds. The Kier molecular flexibility index (Phi) is 4.61. The van der Waals surface area contributed by atoms with E-state index in [0.717, 1.165) is 37.3 Å². The fourth-order valence-electron chi connectivity index (χ4n) is 2.34. The van der Waals surface area contributed by atoms with E-state index in [0.29, 0.717) is 19.1 Å². The number of piperidine rings is 1. The van der Waals surface area contributed by atoms with Crippen molar-refractivity contribution in [1.82, 2.24) is 9.80 Å². The van der Waals surface area contributed by atoms with Gasteiger partial charge in [0.2, 0.25) is 5.91 Å². The third-order valence-electron chi connectivity index (χ3n) is 3.79. The number of nitrogens with zero attached hydrogens (tertiary/aromatic N) is 2. The number of likely N-dealkylation sites (tertiary alicyclic amines) is 1. The molecule has 0 radical (unpaired) electrons. The van der Waals surface area contributed by atoms with Crippen LogP contribution in [0, 0.1) is 6.92 Å². The van der Waals surface area contributed by atoms with Crippen LogP contribution in [-0.2, 0) is 11.3 Å². The fraction of sp³-hybridized carbons (Fsp3) is 0.643. The van der Waals surface area contributed by atoms with E-state index in [1.165, 1.54) is 0 Å². The standard InChI is InChI=1S/C14H23N3O2/c1-11-12(5-8-19-11)9-16(2)14(18)10-17-6-3-13(15)4-7-17/h5,8,13H,3-4,6-7,9-10,15H2,1-2H3. The number of carbonyl (C=O) groups excluding carboxylic acids is 1. The van der Waals surface area contributed by atoms with Crippen molar-refractivity contribution in [3.8, 4) is 0 Å². The minimum atomic E-state index is 0.149. The van der Waals surface area contributed by atoms with Gasteiger partial charge in [-0.3, -0.25) is 9.69 Å². The molecule has 1 fully saturated rings. The second-order valence-electron chi connectivity index (χ2n) is 5.37. The van der Waals surface area contributed by atoms with Crippen LogP contribution in [0.1, 0.15) is 24.2 Å². The number of nitrogens with two attached hydrogens (primary N) is 1. The number of likely N-dealkylation sites (N-methyl/N-ethyl adjacent to an activating group) is 1. The number of hydrogen-bond donors (Lipinski definition) is 1. The lowest BCUT2D eigenvalue weighted by Crippen LogP contribution is -2.44. The summed E-state index contributed by atoms with van der Waals surface area (Å²) in [5.74, 6) is 1.03. The number of carbonyl (C=O) groups is 1. The van der Waals surface area contributed by atoms with E-state index in [4.69, 9.17) is 10.2 Å². The molecule has 1 saturated heterocycles. The van der Waals surface area contributed by atoms with Gasteiger partial charge in [-0.05, 0) is 25.8 Å². The number of amides is 1. The summed E-state index contributed by atoms with van der Waals surface area (Å²) in [7, 11) is 1.84. The Balaban J connectivity index is 1.81. The number of furan rings is 1. The molecule has 0 unspecified atom stereocenters. The number of hydrogen-bond acceptors (Lipinski definition) is 4. The van der Waals surface area contributed by atoms with Crippen molar-refractivity contribution >= 4 is 5.91 Å². The molecule has 1 aliphatic heterocycles. The van der Waals surface area contributed by atoms with Gasteiger partial charge < -0.3 is 15.1 Å². The quantitative estimate of drug-likeness (QED) is 0.881. The van der Waals surface area contributed by atoms with Crippen molar-refractivity contribution in [3.05, 3.63) is 23.7 Å². The smallest absolute Gasteiger partial charge is 0.236 e. The molecule has 0 aromatic carbocycles. The van der Waals surface area contributed by atoms with Crippen LogP contribution >= 0.6 is 0 Å². The lowest BCUT2D eigenvalue weighted by molar-refractivity contribution is -0.131. The monoisotopic (exact) mass is 265 g/mol. The molecular formula is C14H23N3O2. The molecule has 5 heteroatoms. The molecule has 0 atom stereocenters. The largest absolute Gasteiger partial charge is 0.469 e. The summed E-state index contributed by atoms with van der Waals surface area (Å²) in [6.45, 7) is 4.85. The van der Waals surface area contributed by atoms with E-state index in [2.05, 4.69) is 4.90 Å². The van der Waals surface area contributed by atoms with Crippen LogP contribution in [0.25, 0.3) is 0 Å². The first-order valence-electron chi connectivity index (χ1n) is 6.81. The van der Waals surface area contributed by atoms with Crippen molar-refractivity contribution in [2.75, 3.05) is 26.7 Å². The van der Waals surface area contributed by atoms with Crippen LogP contribution in [0.3, 0.4) is 0 Å². The van der Waals surface area contributed by atoms with E-state index in [1.807, 2.05) is 20.0 Å². The van der Waals surface area contributed by atoms with Crippen molar-refractivity contribution in [2.45, 2.75) is 32.4 Å². The normalized spacial score (nSPS) is 17.6. The van der Waals surface area contributed by atoms with Gasteiger partial charge in [-0.25, -0.2) is 0 Å². The zero-order chi connectivity index (χ0) is 13.8. The SMILES string of the molecule is Cc1occc1CN(C)C(=O)CN1CCC(N)CC1. The number of rotatable bonds is 4. The maximum Gasteiger partial charge on any atom is 0.236 e. The average Bonchev–Trinajstić information content (AvgIpc) is 2.78. The Morgan fingerprint density at radius 3 is 2.79 bits per heavy atom. The van der Waals surface area contributed by atoms with E-state index < -0.39 is 0 Å². The summed E-state index contributed by atoms with van der Waals surface area (Å²) in [6.07, 6.45) is 3.63. The van der Waals surface area contributed by atoms with Crippen LogP contribution in [0.15, 0.2) is 16.7 Å². The topological polar surface area (TPSA) is 62.7 Å². The molecule has 2 heterocycles. The molecule has 1 aromatic rings. The summed E-state index contributed by atoms with van der Waals surface area (Å²) >= 11 is 0. The van der Waals surface area contributed by atoms with Gasteiger partial charge in [0, 0.05) is 38.3 Å². The van der Waals surface area contributed by atoms with Crippen LogP contribution in [0.5, 0.6) is 0 Å². The summed E-state index contributed by atoms with van der Waals surface area (Å²) in [4.78, 5) is 16.1. The number of aryl methyl sites for hydroxylation is 1. The van der Waals surface area contributed by atoms with E-state index in [9.17, 15) is 4.79 Å². The zero-order valence-corrected chi connectivity index (χ0v) is 11.8. The highest BCUT2D eigenvalue weighted by molar-refractivity contribution is 5.78. The van der Waals surface area contributed by atoms with Gasteiger partial charge >= 0.3 is 0 Å². The highest BCUT2D eigenvalue weighted by Gasteiger charge is 2.20. The summed E-state index contributed by atoms with van der Waals surface area (Å²) < 4.78 is 5.24. The summed E-state index contributed by atoms with van der Waals surface area (Å²) in [5, 5.41) is 0. The third kappa shape index (κ3) is 3.81. The van der Waals surface area contributed by atoms with Gasteiger partial charge in [-0.2, -0.15) is 0 Å². The molecule has 2 rings (SSSR count). The zero-order valence-electron chi connectivity index (χ0n) is 11.8. The summed E-state index contributed by atoms with van der Waals surface area (Å²) in [5.41, 5.74) is 6.93. The minimum Gasteiger partial charge on any atom is -0.469 e. The summed E-state index contributed by atoms with van der Waals surface area (Å²) in [6, 6.07) is 2.22. The molecule has 5 nitrogen and oxygen atoms in total. The van der Waals surface area contributed by atoms with Crippen molar-refractivity contribution in [2.24, 2.45) is 5.73 Å². The highest BCUT2D eigenvalue weighted by Crippen LogP contribution is 2.12. The maximum atomic E-state index is 12.2. The molecule has 1 aromatic heterocycles. The first-order chi connectivity index (χ1) is 9.06. The Morgan fingerprint density at radius 1 is 1.53 bits per heavy atom. The third-order valence-corrected chi connectivity index (χ3v) is 3.79. The average molecular weight is 265 g/mol. The molecule has 0 bridgehead atoms. The van der Waals surface area contributed by atoms with Gasteiger partial charge in [0.15, 0.2) is 0 Å². The van der Waals surface area contributed by atoms with E-state index in [1.54, 1.807) is 11.2 Å². The fourth-order valence-corrected chi connectivity index (χ4v) is 2.34. The lowest BCUT2D eigenvalue weighted by atomic mass is 10.1. The van der Waals surface area contributed by atoms with Crippen molar-refractivity contribution in [1.29, 1.82) is 0 Å².